The van der Waals surface area contributed by atoms with Gasteiger partial charge in [-0.15, -0.1) is 11.8 Å². The minimum atomic E-state index is 0.694. The van der Waals surface area contributed by atoms with Crippen molar-refractivity contribution < 1.29 is 4.74 Å². The quantitative estimate of drug-likeness (QED) is 0.783. The first kappa shape index (κ1) is 10.8. The molecule has 0 aliphatic carbocycles. The monoisotopic (exact) mass is 223 g/mol. The second-order valence-electron chi connectivity index (χ2n) is 3.95. The number of nitrogens with two attached hydrogens (primary N) is 1. The number of nitrogen functional groups attached to an aromatic ring is 1. The van der Waals surface area contributed by atoms with E-state index in [4.69, 9.17) is 10.5 Å². The van der Waals surface area contributed by atoms with Crippen LogP contribution in [0.25, 0.3) is 0 Å². The van der Waals surface area contributed by atoms with Crippen LogP contribution in [0.5, 0.6) is 0 Å². The predicted molar refractivity (Wildman–Crippen MR) is 65.3 cm³/mol. The lowest BCUT2D eigenvalue weighted by Crippen LogP contribution is -2.17. The second kappa shape index (κ2) is 4.90. The van der Waals surface area contributed by atoms with Crippen LogP contribution in [-0.4, -0.2) is 18.5 Å². The SMILES string of the molecule is Cc1ccc(N)cc1SC1CCOCC1. The average molecular weight is 223 g/mol. The van der Waals surface area contributed by atoms with Crippen molar-refractivity contribution >= 4 is 17.4 Å². The number of anilines is 1. The van der Waals surface area contributed by atoms with Gasteiger partial charge in [0.15, 0.2) is 0 Å². The van der Waals surface area contributed by atoms with Gasteiger partial charge in [-0.05, 0) is 37.5 Å². The number of rotatable bonds is 2. The van der Waals surface area contributed by atoms with Gasteiger partial charge in [0, 0.05) is 29.0 Å². The molecule has 0 unspecified atom stereocenters. The fourth-order valence-electron chi connectivity index (χ4n) is 1.72. The van der Waals surface area contributed by atoms with Crippen LogP contribution >= 0.6 is 11.8 Å². The number of aryl methyl sites for hydroxylation is 1. The van der Waals surface area contributed by atoms with E-state index in [1.54, 1.807) is 0 Å². The molecular formula is C12H17NOS. The molecule has 1 heterocycles. The fourth-order valence-corrected chi connectivity index (χ4v) is 2.96. The summed E-state index contributed by atoms with van der Waals surface area (Å²) in [6.45, 7) is 3.94. The van der Waals surface area contributed by atoms with Crippen LogP contribution < -0.4 is 5.73 Å². The minimum Gasteiger partial charge on any atom is -0.399 e. The number of hydrogen-bond acceptors (Lipinski definition) is 3. The lowest BCUT2D eigenvalue weighted by atomic mass is 10.2. The second-order valence-corrected chi connectivity index (χ2v) is 5.30. The topological polar surface area (TPSA) is 35.2 Å². The van der Waals surface area contributed by atoms with E-state index in [1.165, 1.54) is 10.5 Å². The standard InChI is InChI=1S/C12H17NOS/c1-9-2-3-10(13)8-12(9)15-11-4-6-14-7-5-11/h2-3,8,11H,4-7,13H2,1H3. The highest BCUT2D eigenvalue weighted by Gasteiger charge is 2.15. The highest BCUT2D eigenvalue weighted by Crippen LogP contribution is 2.32. The molecule has 1 fully saturated rings. The zero-order valence-corrected chi connectivity index (χ0v) is 9.85. The maximum Gasteiger partial charge on any atom is 0.0476 e. The van der Waals surface area contributed by atoms with E-state index in [2.05, 4.69) is 19.1 Å². The Morgan fingerprint density at radius 1 is 1.33 bits per heavy atom. The first-order valence-electron chi connectivity index (χ1n) is 5.36. The van der Waals surface area contributed by atoms with Crippen LogP contribution in [0.3, 0.4) is 0 Å². The van der Waals surface area contributed by atoms with Gasteiger partial charge in [-0.3, -0.25) is 0 Å². The molecule has 1 saturated heterocycles. The highest BCUT2D eigenvalue weighted by atomic mass is 32.2. The van der Waals surface area contributed by atoms with Crippen LogP contribution in [0.1, 0.15) is 18.4 Å². The Labute approximate surface area is 95.2 Å². The van der Waals surface area contributed by atoms with E-state index >= 15 is 0 Å². The lowest BCUT2D eigenvalue weighted by molar-refractivity contribution is 0.100. The molecule has 2 nitrogen and oxygen atoms in total. The van der Waals surface area contributed by atoms with Gasteiger partial charge < -0.3 is 10.5 Å². The van der Waals surface area contributed by atoms with Gasteiger partial charge in [-0.1, -0.05) is 6.07 Å². The molecule has 0 bridgehead atoms. The zero-order valence-electron chi connectivity index (χ0n) is 9.03. The molecule has 0 saturated carbocycles. The van der Waals surface area contributed by atoms with Crippen LogP contribution in [0.15, 0.2) is 23.1 Å². The summed E-state index contributed by atoms with van der Waals surface area (Å²) in [7, 11) is 0. The van der Waals surface area contributed by atoms with Gasteiger partial charge >= 0.3 is 0 Å². The molecule has 0 amide bonds. The van der Waals surface area contributed by atoms with Gasteiger partial charge in [-0.25, -0.2) is 0 Å². The molecule has 82 valence electrons. The summed E-state index contributed by atoms with van der Waals surface area (Å²) in [5.74, 6) is 0. The molecule has 0 radical (unpaired) electrons. The highest BCUT2D eigenvalue weighted by molar-refractivity contribution is 8.00. The zero-order chi connectivity index (χ0) is 10.7. The molecule has 1 aliphatic rings. The van der Waals surface area contributed by atoms with E-state index in [1.807, 2.05) is 17.8 Å². The summed E-state index contributed by atoms with van der Waals surface area (Å²) < 4.78 is 5.35. The van der Waals surface area contributed by atoms with Crippen molar-refractivity contribution in [3.63, 3.8) is 0 Å². The van der Waals surface area contributed by atoms with Crippen molar-refractivity contribution in [3.05, 3.63) is 23.8 Å². The largest absolute Gasteiger partial charge is 0.399 e. The lowest BCUT2D eigenvalue weighted by Gasteiger charge is -2.22. The van der Waals surface area contributed by atoms with E-state index in [0.717, 1.165) is 31.7 Å². The van der Waals surface area contributed by atoms with Gasteiger partial charge in [-0.2, -0.15) is 0 Å². The maximum atomic E-state index is 5.79. The Hall–Kier alpha value is -0.670. The summed E-state index contributed by atoms with van der Waals surface area (Å²) >= 11 is 1.95. The van der Waals surface area contributed by atoms with Gasteiger partial charge in [0.05, 0.1) is 0 Å². The summed E-state index contributed by atoms with van der Waals surface area (Å²) in [5.41, 5.74) is 7.97. The maximum absolute atomic E-state index is 5.79. The summed E-state index contributed by atoms with van der Waals surface area (Å²) in [6, 6.07) is 6.13. The molecule has 2 N–H and O–H groups in total. The summed E-state index contributed by atoms with van der Waals surface area (Å²) in [4.78, 5) is 1.32. The Morgan fingerprint density at radius 3 is 2.80 bits per heavy atom. The smallest absolute Gasteiger partial charge is 0.0476 e. The molecule has 1 aliphatic heterocycles. The van der Waals surface area contributed by atoms with Crippen LogP contribution in [0.4, 0.5) is 5.69 Å². The Balaban J connectivity index is 2.05. The van der Waals surface area contributed by atoms with E-state index < -0.39 is 0 Å². The molecule has 0 spiro atoms. The molecule has 1 aromatic carbocycles. The first-order valence-corrected chi connectivity index (χ1v) is 6.24. The molecule has 0 atom stereocenters. The van der Waals surface area contributed by atoms with Crippen molar-refractivity contribution in [1.82, 2.24) is 0 Å². The summed E-state index contributed by atoms with van der Waals surface area (Å²) in [6.07, 6.45) is 2.30. The summed E-state index contributed by atoms with van der Waals surface area (Å²) in [5, 5.41) is 0.694. The van der Waals surface area contributed by atoms with E-state index in [0.29, 0.717) is 5.25 Å². The Bertz CT molecular complexity index is 334. The van der Waals surface area contributed by atoms with Gasteiger partial charge in [0.1, 0.15) is 0 Å². The van der Waals surface area contributed by atoms with Crippen LogP contribution in [0, 0.1) is 6.92 Å². The Morgan fingerprint density at radius 2 is 2.07 bits per heavy atom. The molecule has 1 aromatic rings. The third-order valence-corrected chi connectivity index (χ3v) is 4.17. The normalized spacial score (nSPS) is 17.9. The fraction of sp³-hybridized carbons (Fsp3) is 0.500. The van der Waals surface area contributed by atoms with Gasteiger partial charge in [0.25, 0.3) is 0 Å². The number of ether oxygens (including phenoxy) is 1. The van der Waals surface area contributed by atoms with Crippen molar-refractivity contribution in [2.45, 2.75) is 29.9 Å². The van der Waals surface area contributed by atoms with Crippen LogP contribution in [-0.2, 0) is 4.74 Å². The molecular weight excluding hydrogens is 206 g/mol. The third kappa shape index (κ3) is 2.89. The first-order chi connectivity index (χ1) is 7.25. The van der Waals surface area contributed by atoms with Gasteiger partial charge in [0.2, 0.25) is 0 Å². The van der Waals surface area contributed by atoms with Crippen molar-refractivity contribution in [2.24, 2.45) is 0 Å². The number of hydrogen-bond donors (Lipinski definition) is 1. The third-order valence-electron chi connectivity index (χ3n) is 2.67. The number of thioether (sulfide) groups is 1. The molecule has 3 heteroatoms. The van der Waals surface area contributed by atoms with E-state index in [-0.39, 0.29) is 0 Å². The molecule has 15 heavy (non-hydrogen) atoms. The Kier molecular flexibility index (Phi) is 3.54. The van der Waals surface area contributed by atoms with E-state index in [9.17, 15) is 0 Å². The predicted octanol–water partition coefficient (Wildman–Crippen LogP) is 2.85. The molecule has 0 aromatic heterocycles. The van der Waals surface area contributed by atoms with Crippen LogP contribution in [0.2, 0.25) is 0 Å². The van der Waals surface area contributed by atoms with Crippen molar-refractivity contribution in [2.75, 3.05) is 18.9 Å². The average Bonchev–Trinajstić information content (AvgIpc) is 2.25. The molecule has 2 rings (SSSR count). The van der Waals surface area contributed by atoms with Crippen molar-refractivity contribution in [1.29, 1.82) is 0 Å². The van der Waals surface area contributed by atoms with Crippen molar-refractivity contribution in [3.8, 4) is 0 Å². The number of benzene rings is 1. The minimum absolute atomic E-state index is 0.694.